The van der Waals surface area contributed by atoms with Crippen molar-refractivity contribution in [3.63, 3.8) is 0 Å². The van der Waals surface area contributed by atoms with Gasteiger partial charge in [0.2, 0.25) is 0 Å². The van der Waals surface area contributed by atoms with Gasteiger partial charge in [-0.05, 0) is 89.0 Å². The molecule has 0 unspecified atom stereocenters. The second-order valence-electron chi connectivity index (χ2n) is 13.0. The summed E-state index contributed by atoms with van der Waals surface area (Å²) < 4.78 is 9.25. The van der Waals surface area contributed by atoms with E-state index in [0.717, 1.165) is 61.1 Å². The molecule has 0 aliphatic rings. The van der Waals surface area contributed by atoms with Crippen molar-refractivity contribution < 1.29 is 4.42 Å². The molecule has 0 fully saturated rings. The van der Waals surface area contributed by atoms with Crippen molar-refractivity contribution >= 4 is 60.8 Å². The summed E-state index contributed by atoms with van der Waals surface area (Å²) in [6.07, 6.45) is 0. The van der Waals surface area contributed by atoms with E-state index in [9.17, 15) is 0 Å². The highest BCUT2D eigenvalue weighted by Crippen LogP contribution is 2.43. The van der Waals surface area contributed by atoms with Crippen molar-refractivity contribution in [3.05, 3.63) is 194 Å². The van der Waals surface area contributed by atoms with E-state index in [4.69, 9.17) is 4.42 Å². The van der Waals surface area contributed by atoms with Crippen LogP contribution in [0.5, 0.6) is 0 Å². The maximum absolute atomic E-state index is 6.92. The number of rotatable bonds is 6. The zero-order chi connectivity index (χ0) is 33.7. The van der Waals surface area contributed by atoms with Crippen molar-refractivity contribution in [3.8, 4) is 27.9 Å². The van der Waals surface area contributed by atoms with Crippen LogP contribution in [-0.2, 0) is 0 Å². The van der Waals surface area contributed by atoms with E-state index in [0.29, 0.717) is 0 Å². The van der Waals surface area contributed by atoms with Gasteiger partial charge in [-0.15, -0.1) is 0 Å². The molecular formula is C48H32N2O. The summed E-state index contributed by atoms with van der Waals surface area (Å²) in [7, 11) is 0. The Hall–Kier alpha value is -6.84. The van der Waals surface area contributed by atoms with Gasteiger partial charge in [0.25, 0.3) is 0 Å². The highest BCUT2D eigenvalue weighted by atomic mass is 16.3. The van der Waals surface area contributed by atoms with Gasteiger partial charge in [0.15, 0.2) is 0 Å². The summed E-state index contributed by atoms with van der Waals surface area (Å²) in [6.45, 7) is 0. The van der Waals surface area contributed by atoms with Crippen molar-refractivity contribution in [1.82, 2.24) is 4.57 Å². The van der Waals surface area contributed by atoms with Crippen LogP contribution in [-0.4, -0.2) is 4.57 Å². The predicted molar refractivity (Wildman–Crippen MR) is 214 cm³/mol. The van der Waals surface area contributed by atoms with Gasteiger partial charge in [-0.3, -0.25) is 0 Å². The molecule has 2 heterocycles. The molecule has 8 aromatic carbocycles. The van der Waals surface area contributed by atoms with Crippen LogP contribution in [0.4, 0.5) is 17.1 Å². The molecule has 51 heavy (non-hydrogen) atoms. The van der Waals surface area contributed by atoms with E-state index in [-0.39, 0.29) is 0 Å². The Morgan fingerprint density at radius 2 is 0.961 bits per heavy atom. The molecule has 10 rings (SSSR count). The van der Waals surface area contributed by atoms with Crippen molar-refractivity contribution in [2.24, 2.45) is 0 Å². The fraction of sp³-hybridized carbons (Fsp3) is 0. The maximum atomic E-state index is 6.92. The average Bonchev–Trinajstić information content (AvgIpc) is 3.75. The normalized spacial score (nSPS) is 11.5. The Balaban J connectivity index is 1.16. The monoisotopic (exact) mass is 652 g/mol. The first-order valence-corrected chi connectivity index (χ1v) is 17.4. The number of hydrogen-bond donors (Lipinski definition) is 0. The zero-order valence-electron chi connectivity index (χ0n) is 27.8. The van der Waals surface area contributed by atoms with Gasteiger partial charge in [-0.2, -0.15) is 0 Å². The molecule has 0 saturated carbocycles. The quantitative estimate of drug-likeness (QED) is 0.178. The molecule has 0 aliphatic heterocycles. The third-order valence-corrected chi connectivity index (χ3v) is 9.97. The molecule has 3 heteroatoms. The van der Waals surface area contributed by atoms with E-state index in [1.165, 1.54) is 27.6 Å². The fourth-order valence-corrected chi connectivity index (χ4v) is 7.60. The number of aromatic nitrogens is 1. The van der Waals surface area contributed by atoms with Gasteiger partial charge < -0.3 is 13.9 Å². The molecular weight excluding hydrogens is 621 g/mol. The van der Waals surface area contributed by atoms with Gasteiger partial charge in [0, 0.05) is 45.0 Å². The van der Waals surface area contributed by atoms with Crippen LogP contribution in [0.1, 0.15) is 0 Å². The third-order valence-electron chi connectivity index (χ3n) is 9.97. The highest BCUT2D eigenvalue weighted by molar-refractivity contribution is 6.24. The topological polar surface area (TPSA) is 21.3 Å². The van der Waals surface area contributed by atoms with Gasteiger partial charge in [-0.1, -0.05) is 121 Å². The Labute approximate surface area is 295 Å². The summed E-state index contributed by atoms with van der Waals surface area (Å²) in [5.74, 6) is 0. The summed E-state index contributed by atoms with van der Waals surface area (Å²) in [4.78, 5) is 2.32. The SMILES string of the molecule is c1ccc(-c2ccc(N(c3cccc(-c4ccccc4)c3)c3ccc4c(c3)oc3c4ccc4c3c3ccccc3n4-c3ccccc3)cc2)cc1. The molecule has 0 spiro atoms. The minimum atomic E-state index is 0.858. The van der Waals surface area contributed by atoms with E-state index in [2.05, 4.69) is 204 Å². The van der Waals surface area contributed by atoms with Crippen LogP contribution in [0.3, 0.4) is 0 Å². The molecule has 0 atom stereocenters. The Morgan fingerprint density at radius 3 is 1.73 bits per heavy atom. The lowest BCUT2D eigenvalue weighted by Crippen LogP contribution is -2.10. The lowest BCUT2D eigenvalue weighted by Gasteiger charge is -2.26. The summed E-state index contributed by atoms with van der Waals surface area (Å²) in [5.41, 5.74) is 13.1. The Kier molecular flexibility index (Phi) is 6.81. The van der Waals surface area contributed by atoms with Crippen molar-refractivity contribution in [2.45, 2.75) is 0 Å². The lowest BCUT2D eigenvalue weighted by atomic mass is 10.0. The van der Waals surface area contributed by atoms with Gasteiger partial charge in [0.05, 0.1) is 16.4 Å². The molecule has 3 nitrogen and oxygen atoms in total. The number of nitrogens with zero attached hydrogens (tertiary/aromatic N) is 2. The molecule has 0 bridgehead atoms. The second kappa shape index (κ2) is 11.9. The van der Waals surface area contributed by atoms with Crippen LogP contribution in [0.25, 0.3) is 71.7 Å². The minimum Gasteiger partial charge on any atom is -0.455 e. The van der Waals surface area contributed by atoms with Gasteiger partial charge >= 0.3 is 0 Å². The number of benzene rings is 8. The van der Waals surface area contributed by atoms with Crippen LogP contribution >= 0.6 is 0 Å². The van der Waals surface area contributed by atoms with Crippen LogP contribution < -0.4 is 4.90 Å². The van der Waals surface area contributed by atoms with E-state index < -0.39 is 0 Å². The minimum absolute atomic E-state index is 0.858. The molecule has 2 aromatic heterocycles. The standard InChI is InChI=1S/C48H32N2O/c1-4-13-33(14-5-1)35-23-25-38(26-24-35)49(39-20-12-17-36(31-39)34-15-6-2-7-16-34)40-27-28-41-42-29-30-45-47(48(42)51-46(41)32-40)43-21-10-11-22-44(43)50(45)37-18-8-3-9-19-37/h1-32H. The van der Waals surface area contributed by atoms with Crippen molar-refractivity contribution in [1.29, 1.82) is 0 Å². The molecule has 0 aliphatic carbocycles. The summed E-state index contributed by atoms with van der Waals surface area (Å²) >= 11 is 0. The fourth-order valence-electron chi connectivity index (χ4n) is 7.60. The van der Waals surface area contributed by atoms with Gasteiger partial charge in [-0.25, -0.2) is 0 Å². The van der Waals surface area contributed by atoms with Crippen LogP contribution in [0.2, 0.25) is 0 Å². The number of anilines is 3. The first-order valence-electron chi connectivity index (χ1n) is 17.4. The zero-order valence-corrected chi connectivity index (χ0v) is 27.8. The number of hydrogen-bond acceptors (Lipinski definition) is 2. The van der Waals surface area contributed by atoms with E-state index in [1.807, 2.05) is 0 Å². The average molecular weight is 653 g/mol. The predicted octanol–water partition coefficient (Wildman–Crippen LogP) is 13.5. The van der Waals surface area contributed by atoms with E-state index >= 15 is 0 Å². The summed E-state index contributed by atoms with van der Waals surface area (Å²) in [5, 5.41) is 4.53. The molecule has 0 radical (unpaired) electrons. The molecule has 0 N–H and O–H groups in total. The molecule has 0 saturated heterocycles. The van der Waals surface area contributed by atoms with Gasteiger partial charge in [0.1, 0.15) is 11.2 Å². The van der Waals surface area contributed by atoms with Crippen LogP contribution in [0, 0.1) is 0 Å². The molecule has 10 aromatic rings. The number of furan rings is 1. The number of fused-ring (bicyclic) bond motifs is 7. The maximum Gasteiger partial charge on any atom is 0.145 e. The third kappa shape index (κ3) is 4.90. The Morgan fingerprint density at radius 1 is 0.373 bits per heavy atom. The summed E-state index contributed by atoms with van der Waals surface area (Å²) in [6, 6.07) is 68.9. The Bertz CT molecular complexity index is 2830. The first-order chi connectivity index (χ1) is 25.3. The first kappa shape index (κ1) is 29.1. The smallest absolute Gasteiger partial charge is 0.145 e. The second-order valence-corrected chi connectivity index (χ2v) is 13.0. The molecule has 0 amide bonds. The van der Waals surface area contributed by atoms with Crippen molar-refractivity contribution in [2.75, 3.05) is 4.90 Å². The highest BCUT2D eigenvalue weighted by Gasteiger charge is 2.20. The lowest BCUT2D eigenvalue weighted by molar-refractivity contribution is 0.673. The number of para-hydroxylation sites is 2. The molecule has 240 valence electrons. The largest absolute Gasteiger partial charge is 0.455 e. The van der Waals surface area contributed by atoms with Crippen LogP contribution in [0.15, 0.2) is 199 Å². The van der Waals surface area contributed by atoms with E-state index in [1.54, 1.807) is 0 Å².